The Balaban J connectivity index is 0. The Morgan fingerprint density at radius 2 is 2.00 bits per heavy atom. The summed E-state index contributed by atoms with van der Waals surface area (Å²) in [6.07, 6.45) is 5.08. The van der Waals surface area contributed by atoms with Gasteiger partial charge in [-0.1, -0.05) is 25.8 Å². The van der Waals surface area contributed by atoms with Crippen LogP contribution in [0.2, 0.25) is 0 Å². The molecule has 0 saturated carbocycles. The molecule has 0 rings (SSSR count). The summed E-state index contributed by atoms with van der Waals surface area (Å²) in [7, 11) is 0. The average molecular weight is 369 g/mol. The van der Waals surface area contributed by atoms with Crippen molar-refractivity contribution in [3.8, 4) is 0 Å². The molecule has 0 aliphatic heterocycles. The zero-order chi connectivity index (χ0) is 17.5. The Labute approximate surface area is 189 Å². The van der Waals surface area contributed by atoms with Crippen LogP contribution in [-0.2, 0) is 4.79 Å². The van der Waals surface area contributed by atoms with Crippen LogP contribution < -0.4 is 61.8 Å². The number of carboxylic acids is 1. The van der Waals surface area contributed by atoms with Gasteiger partial charge in [-0.2, -0.15) is 0 Å². The van der Waals surface area contributed by atoms with Gasteiger partial charge in [0, 0.05) is 38.7 Å². The van der Waals surface area contributed by atoms with E-state index in [1.807, 2.05) is 4.90 Å². The Morgan fingerprint density at radius 1 is 1.29 bits per heavy atom. The minimum atomic E-state index is -1.08. The number of nitrogens with zero attached hydrogens (tertiary/aromatic N) is 1. The van der Waals surface area contributed by atoms with E-state index in [1.54, 1.807) is 6.08 Å². The average Bonchev–Trinajstić information content (AvgIpc) is 2.52. The molecule has 3 N–H and O–H groups in total. The van der Waals surface area contributed by atoms with Crippen LogP contribution >= 0.6 is 0 Å². The van der Waals surface area contributed by atoms with Gasteiger partial charge in [-0.15, -0.1) is 6.58 Å². The van der Waals surface area contributed by atoms with Crippen molar-refractivity contribution in [2.24, 2.45) is 0 Å². The monoisotopic (exact) mass is 368 g/mol. The number of aliphatic carboxylic acids is 1. The fraction of sp³-hybridized carbons (Fsp3) is 0.824. The second-order valence-corrected chi connectivity index (χ2v) is 5.94. The first-order chi connectivity index (χ1) is 11.0. The SMILES string of the molecule is C=CCCC(O)CNCCN(CCC(=O)[O-])CC(O)CCCC.[K+]. The molecule has 0 amide bonds. The summed E-state index contributed by atoms with van der Waals surface area (Å²) < 4.78 is 0. The molecule has 136 valence electrons. The van der Waals surface area contributed by atoms with E-state index in [2.05, 4.69) is 18.8 Å². The minimum Gasteiger partial charge on any atom is -0.550 e. The van der Waals surface area contributed by atoms with Gasteiger partial charge < -0.3 is 25.4 Å². The van der Waals surface area contributed by atoms with Gasteiger partial charge in [0.2, 0.25) is 0 Å². The maximum atomic E-state index is 10.6. The van der Waals surface area contributed by atoms with E-state index in [1.165, 1.54) is 0 Å². The first-order valence-electron chi connectivity index (χ1n) is 8.59. The van der Waals surface area contributed by atoms with Crippen molar-refractivity contribution < 1.29 is 71.5 Å². The van der Waals surface area contributed by atoms with E-state index in [0.29, 0.717) is 39.1 Å². The Kier molecular flexibility index (Phi) is 20.7. The largest absolute Gasteiger partial charge is 1.00 e. The van der Waals surface area contributed by atoms with Crippen molar-refractivity contribution in [3.05, 3.63) is 12.7 Å². The molecule has 0 aliphatic rings. The molecule has 0 fully saturated rings. The third kappa shape index (κ3) is 17.5. The van der Waals surface area contributed by atoms with Crippen LogP contribution in [0.4, 0.5) is 0 Å². The number of carbonyl (C=O) groups is 1. The maximum Gasteiger partial charge on any atom is 1.00 e. The van der Waals surface area contributed by atoms with Crippen molar-refractivity contribution in [1.29, 1.82) is 0 Å². The van der Waals surface area contributed by atoms with Gasteiger partial charge in [-0.3, -0.25) is 4.90 Å². The Hall–Kier alpha value is 0.686. The minimum absolute atomic E-state index is 0. The molecule has 0 aromatic rings. The van der Waals surface area contributed by atoms with E-state index in [4.69, 9.17) is 0 Å². The van der Waals surface area contributed by atoms with Gasteiger partial charge in [-0.05, 0) is 25.7 Å². The fourth-order valence-corrected chi connectivity index (χ4v) is 2.29. The summed E-state index contributed by atoms with van der Waals surface area (Å²) in [5, 5.41) is 33.5. The second kappa shape index (κ2) is 18.5. The number of nitrogens with one attached hydrogen (secondary N) is 1. The quantitative estimate of drug-likeness (QED) is 0.152. The van der Waals surface area contributed by atoms with Gasteiger partial charge in [0.1, 0.15) is 0 Å². The molecule has 0 saturated heterocycles. The summed E-state index contributed by atoms with van der Waals surface area (Å²) >= 11 is 0. The van der Waals surface area contributed by atoms with E-state index >= 15 is 0 Å². The number of rotatable bonds is 16. The van der Waals surface area contributed by atoms with E-state index < -0.39 is 18.2 Å². The summed E-state index contributed by atoms with van der Waals surface area (Å²) in [6.45, 7) is 8.29. The second-order valence-electron chi connectivity index (χ2n) is 5.94. The number of allylic oxidation sites excluding steroid dienone is 1. The smallest absolute Gasteiger partial charge is 0.550 e. The topological polar surface area (TPSA) is 95.9 Å². The van der Waals surface area contributed by atoms with Crippen molar-refractivity contribution in [3.63, 3.8) is 0 Å². The van der Waals surface area contributed by atoms with Crippen molar-refractivity contribution in [1.82, 2.24) is 10.2 Å². The van der Waals surface area contributed by atoms with Crippen LogP contribution in [0, 0.1) is 0 Å². The van der Waals surface area contributed by atoms with Crippen LogP contribution in [0.1, 0.15) is 45.4 Å². The first-order valence-corrected chi connectivity index (χ1v) is 8.59. The zero-order valence-electron chi connectivity index (χ0n) is 15.4. The molecule has 0 bridgehead atoms. The van der Waals surface area contributed by atoms with Crippen molar-refractivity contribution in [2.75, 3.05) is 32.7 Å². The number of hydrogen-bond acceptors (Lipinski definition) is 6. The Bertz CT molecular complexity index is 319. The van der Waals surface area contributed by atoms with Gasteiger partial charge in [0.25, 0.3) is 0 Å². The van der Waals surface area contributed by atoms with Crippen molar-refractivity contribution in [2.45, 2.75) is 57.7 Å². The van der Waals surface area contributed by atoms with Gasteiger partial charge in [0.05, 0.1) is 12.2 Å². The molecule has 6 nitrogen and oxygen atoms in total. The summed E-state index contributed by atoms with van der Waals surface area (Å²) in [6, 6.07) is 0. The molecule has 2 atom stereocenters. The maximum absolute atomic E-state index is 10.6. The number of hydrogen-bond donors (Lipinski definition) is 3. The molecule has 24 heavy (non-hydrogen) atoms. The third-order valence-corrected chi connectivity index (χ3v) is 3.68. The molecule has 7 heteroatoms. The number of aliphatic hydroxyl groups is 2. The van der Waals surface area contributed by atoms with E-state index in [0.717, 1.165) is 25.7 Å². The number of carboxylic acid groups (broad SMARTS) is 1. The van der Waals surface area contributed by atoms with Crippen LogP contribution in [0.3, 0.4) is 0 Å². The Morgan fingerprint density at radius 3 is 2.58 bits per heavy atom. The molecule has 0 aromatic heterocycles. The predicted octanol–water partition coefficient (Wildman–Crippen LogP) is -3.10. The molecular formula is C17H33KN2O4. The van der Waals surface area contributed by atoms with Gasteiger partial charge >= 0.3 is 51.4 Å². The summed E-state index contributed by atoms with van der Waals surface area (Å²) in [5.41, 5.74) is 0. The van der Waals surface area contributed by atoms with Crippen LogP contribution in [0.15, 0.2) is 12.7 Å². The number of carbonyl (C=O) groups excluding carboxylic acids is 1. The molecule has 0 aliphatic carbocycles. The fourth-order valence-electron chi connectivity index (χ4n) is 2.29. The van der Waals surface area contributed by atoms with Crippen LogP contribution in [-0.4, -0.2) is 66.0 Å². The standard InChI is InChI=1S/C17H34N2O4.K/c1-3-5-7-15(20)13-18-10-12-19(11-9-17(22)23)14-16(21)8-6-4-2;/h3,15-16,18,20-21H,1,4-14H2,2H3,(H,22,23);/q;+1/p-1. The summed E-state index contributed by atoms with van der Waals surface area (Å²) in [5.74, 6) is -1.08. The number of aliphatic hydroxyl groups excluding tert-OH is 2. The van der Waals surface area contributed by atoms with Gasteiger partial charge in [0.15, 0.2) is 0 Å². The molecular weight excluding hydrogens is 335 g/mol. The molecule has 0 spiro atoms. The molecule has 2 unspecified atom stereocenters. The third-order valence-electron chi connectivity index (χ3n) is 3.68. The molecule has 0 radical (unpaired) electrons. The van der Waals surface area contributed by atoms with Crippen LogP contribution in [0.5, 0.6) is 0 Å². The first kappa shape index (κ1) is 26.9. The molecule has 0 heterocycles. The zero-order valence-corrected chi connectivity index (χ0v) is 18.5. The summed E-state index contributed by atoms with van der Waals surface area (Å²) in [4.78, 5) is 12.6. The number of unbranched alkanes of at least 4 members (excludes halogenated alkanes) is 1. The predicted molar refractivity (Wildman–Crippen MR) is 89.9 cm³/mol. The normalized spacial score (nSPS) is 13.3. The van der Waals surface area contributed by atoms with Crippen molar-refractivity contribution >= 4 is 5.97 Å². The van der Waals surface area contributed by atoms with Gasteiger partial charge in [-0.25, -0.2) is 0 Å². The molecule has 0 aromatic carbocycles. The van der Waals surface area contributed by atoms with Crippen LogP contribution in [0.25, 0.3) is 0 Å². The van der Waals surface area contributed by atoms with E-state index in [-0.39, 0.29) is 57.8 Å². The van der Waals surface area contributed by atoms with E-state index in [9.17, 15) is 20.1 Å².